The van der Waals surface area contributed by atoms with Crippen LogP contribution in [0.2, 0.25) is 0 Å². The average molecular weight is 350 g/mol. The SMILES string of the molecule is CC[C@@H](C)c1ccccc1NC(=O)[C@H](C)N1C(=O)c2ccccc2C1=O. The largest absolute Gasteiger partial charge is 0.324 e. The molecule has 5 nitrogen and oxygen atoms in total. The first kappa shape index (κ1) is 17.9. The molecule has 1 aliphatic heterocycles. The van der Waals surface area contributed by atoms with Gasteiger partial charge in [0.05, 0.1) is 11.1 Å². The Morgan fingerprint density at radius 3 is 2.08 bits per heavy atom. The Bertz CT molecular complexity index is 840. The number of para-hydroxylation sites is 1. The standard InChI is InChI=1S/C21H22N2O3/c1-4-13(2)15-9-7-8-12-18(15)22-19(24)14(3)23-20(25)16-10-5-6-11-17(16)21(23)26/h5-14H,4H2,1-3H3,(H,22,24)/t13-,14+/m1/s1. The zero-order chi connectivity index (χ0) is 18.8. The van der Waals surface area contributed by atoms with Crippen LogP contribution in [0.4, 0.5) is 5.69 Å². The lowest BCUT2D eigenvalue weighted by Gasteiger charge is -2.23. The molecule has 0 radical (unpaired) electrons. The Kier molecular flexibility index (Phi) is 4.89. The second-order valence-corrected chi connectivity index (χ2v) is 6.59. The summed E-state index contributed by atoms with van der Waals surface area (Å²) in [6.07, 6.45) is 0.945. The van der Waals surface area contributed by atoms with Gasteiger partial charge in [-0.15, -0.1) is 0 Å². The number of hydrogen-bond donors (Lipinski definition) is 1. The number of carbonyl (C=O) groups is 3. The molecular weight excluding hydrogens is 328 g/mol. The molecular formula is C21H22N2O3. The van der Waals surface area contributed by atoms with Gasteiger partial charge in [-0.25, -0.2) is 0 Å². The second kappa shape index (κ2) is 7.12. The maximum Gasteiger partial charge on any atom is 0.262 e. The first-order valence-corrected chi connectivity index (χ1v) is 8.82. The molecule has 0 fully saturated rings. The van der Waals surface area contributed by atoms with E-state index in [9.17, 15) is 14.4 Å². The van der Waals surface area contributed by atoms with Gasteiger partial charge in [-0.3, -0.25) is 19.3 Å². The third-order valence-electron chi connectivity index (χ3n) is 4.95. The molecule has 2 aromatic carbocycles. The van der Waals surface area contributed by atoms with Crippen LogP contribution < -0.4 is 5.32 Å². The van der Waals surface area contributed by atoms with Gasteiger partial charge in [0, 0.05) is 5.69 Å². The summed E-state index contributed by atoms with van der Waals surface area (Å²) in [5.74, 6) is -0.941. The third-order valence-corrected chi connectivity index (χ3v) is 4.95. The first-order valence-electron chi connectivity index (χ1n) is 8.82. The van der Waals surface area contributed by atoms with Gasteiger partial charge in [0.2, 0.25) is 5.91 Å². The molecule has 1 N–H and O–H groups in total. The summed E-state index contributed by atoms with van der Waals surface area (Å²) in [6.45, 7) is 5.76. The topological polar surface area (TPSA) is 66.5 Å². The zero-order valence-corrected chi connectivity index (χ0v) is 15.2. The van der Waals surface area contributed by atoms with Crippen LogP contribution in [-0.4, -0.2) is 28.7 Å². The molecule has 3 amide bonds. The Balaban J connectivity index is 1.82. The molecule has 2 aromatic rings. The highest BCUT2D eigenvalue weighted by Crippen LogP contribution is 2.28. The molecule has 0 saturated heterocycles. The number of rotatable bonds is 5. The van der Waals surface area contributed by atoms with E-state index in [-0.39, 0.29) is 5.91 Å². The second-order valence-electron chi connectivity index (χ2n) is 6.59. The number of amides is 3. The van der Waals surface area contributed by atoms with Crippen molar-refractivity contribution in [2.24, 2.45) is 0 Å². The molecule has 0 aromatic heterocycles. The molecule has 0 saturated carbocycles. The molecule has 0 aliphatic carbocycles. The Morgan fingerprint density at radius 1 is 0.962 bits per heavy atom. The van der Waals surface area contributed by atoms with Gasteiger partial charge in [-0.2, -0.15) is 0 Å². The van der Waals surface area contributed by atoms with Crippen molar-refractivity contribution in [3.8, 4) is 0 Å². The normalized spacial score (nSPS) is 15.6. The molecule has 3 rings (SSSR count). The van der Waals surface area contributed by atoms with E-state index in [4.69, 9.17) is 0 Å². The predicted molar refractivity (Wildman–Crippen MR) is 100 cm³/mol. The summed E-state index contributed by atoms with van der Waals surface area (Å²) in [4.78, 5) is 38.9. The van der Waals surface area contributed by atoms with E-state index in [1.807, 2.05) is 24.3 Å². The molecule has 134 valence electrons. The van der Waals surface area contributed by atoms with Crippen LogP contribution in [0.25, 0.3) is 0 Å². The fourth-order valence-corrected chi connectivity index (χ4v) is 3.17. The van der Waals surface area contributed by atoms with Crippen molar-refractivity contribution in [3.63, 3.8) is 0 Å². The maximum atomic E-state index is 12.7. The number of carbonyl (C=O) groups excluding carboxylic acids is 3. The number of hydrogen-bond acceptors (Lipinski definition) is 3. The number of nitrogens with one attached hydrogen (secondary N) is 1. The van der Waals surface area contributed by atoms with Gasteiger partial charge in [0.15, 0.2) is 0 Å². The van der Waals surface area contributed by atoms with E-state index in [1.54, 1.807) is 31.2 Å². The molecule has 0 spiro atoms. The zero-order valence-electron chi connectivity index (χ0n) is 15.2. The van der Waals surface area contributed by atoms with Crippen LogP contribution in [0, 0.1) is 0 Å². The maximum absolute atomic E-state index is 12.7. The van der Waals surface area contributed by atoms with Crippen molar-refractivity contribution in [2.45, 2.75) is 39.2 Å². The van der Waals surface area contributed by atoms with E-state index in [0.717, 1.165) is 22.6 Å². The summed E-state index contributed by atoms with van der Waals surface area (Å²) < 4.78 is 0. The summed E-state index contributed by atoms with van der Waals surface area (Å²) in [5, 5.41) is 2.89. The molecule has 0 bridgehead atoms. The van der Waals surface area contributed by atoms with Crippen molar-refractivity contribution in [2.75, 3.05) is 5.32 Å². The molecule has 5 heteroatoms. The summed E-state index contributed by atoms with van der Waals surface area (Å²) in [7, 11) is 0. The van der Waals surface area contributed by atoms with Crippen LogP contribution in [0.15, 0.2) is 48.5 Å². The Labute approximate surface area is 153 Å². The number of nitrogens with zero attached hydrogens (tertiary/aromatic N) is 1. The fourth-order valence-electron chi connectivity index (χ4n) is 3.17. The van der Waals surface area contributed by atoms with E-state index >= 15 is 0 Å². The van der Waals surface area contributed by atoms with Crippen molar-refractivity contribution in [1.29, 1.82) is 0 Å². The van der Waals surface area contributed by atoms with Crippen LogP contribution in [0.5, 0.6) is 0 Å². The summed E-state index contributed by atoms with van der Waals surface area (Å²) >= 11 is 0. The van der Waals surface area contributed by atoms with Crippen LogP contribution >= 0.6 is 0 Å². The molecule has 1 heterocycles. The number of anilines is 1. The van der Waals surface area contributed by atoms with Crippen molar-refractivity contribution < 1.29 is 14.4 Å². The van der Waals surface area contributed by atoms with Gasteiger partial charge in [0.1, 0.15) is 6.04 Å². The summed E-state index contributed by atoms with van der Waals surface area (Å²) in [6, 6.07) is 13.4. The van der Waals surface area contributed by atoms with Gasteiger partial charge >= 0.3 is 0 Å². The van der Waals surface area contributed by atoms with Crippen LogP contribution in [0.3, 0.4) is 0 Å². The van der Waals surface area contributed by atoms with Gasteiger partial charge in [0.25, 0.3) is 11.8 Å². The number of benzene rings is 2. The first-order chi connectivity index (χ1) is 12.5. The minimum absolute atomic E-state index is 0.293. The van der Waals surface area contributed by atoms with Gasteiger partial charge < -0.3 is 5.32 Å². The van der Waals surface area contributed by atoms with Crippen molar-refractivity contribution in [1.82, 2.24) is 4.90 Å². The minimum Gasteiger partial charge on any atom is -0.324 e. The van der Waals surface area contributed by atoms with Gasteiger partial charge in [-0.05, 0) is 43.0 Å². The minimum atomic E-state index is -0.896. The highest BCUT2D eigenvalue weighted by Gasteiger charge is 2.40. The van der Waals surface area contributed by atoms with Crippen LogP contribution in [0.1, 0.15) is 59.4 Å². The van der Waals surface area contributed by atoms with Gasteiger partial charge in [-0.1, -0.05) is 44.2 Å². The monoisotopic (exact) mass is 350 g/mol. The molecule has 0 unspecified atom stereocenters. The van der Waals surface area contributed by atoms with Crippen LogP contribution in [-0.2, 0) is 4.79 Å². The van der Waals surface area contributed by atoms with E-state index in [0.29, 0.717) is 17.0 Å². The molecule has 1 aliphatic rings. The highest BCUT2D eigenvalue weighted by molar-refractivity contribution is 6.23. The molecule has 26 heavy (non-hydrogen) atoms. The van der Waals surface area contributed by atoms with E-state index in [1.165, 1.54) is 0 Å². The highest BCUT2D eigenvalue weighted by atomic mass is 16.2. The van der Waals surface area contributed by atoms with E-state index in [2.05, 4.69) is 19.2 Å². The predicted octanol–water partition coefficient (Wildman–Crippen LogP) is 3.82. The van der Waals surface area contributed by atoms with Crippen molar-refractivity contribution in [3.05, 3.63) is 65.2 Å². The fraction of sp³-hybridized carbons (Fsp3) is 0.286. The quantitative estimate of drug-likeness (QED) is 0.834. The lowest BCUT2D eigenvalue weighted by molar-refractivity contribution is -0.119. The number of imide groups is 1. The lowest BCUT2D eigenvalue weighted by atomic mass is 9.97. The Hall–Kier alpha value is -2.95. The average Bonchev–Trinajstić information content (AvgIpc) is 2.92. The van der Waals surface area contributed by atoms with Crippen molar-refractivity contribution >= 4 is 23.4 Å². The smallest absolute Gasteiger partial charge is 0.262 e. The summed E-state index contributed by atoms with van der Waals surface area (Å²) in [5.41, 5.74) is 2.45. The third kappa shape index (κ3) is 3.01. The Morgan fingerprint density at radius 2 is 1.50 bits per heavy atom. The number of fused-ring (bicyclic) bond motifs is 1. The molecule has 2 atom stereocenters. The van der Waals surface area contributed by atoms with E-state index < -0.39 is 17.9 Å². The lowest BCUT2D eigenvalue weighted by Crippen LogP contribution is -2.45.